The Kier molecular flexibility index (Phi) is 7.09. The normalized spacial score (nSPS) is 12.3. The monoisotopic (exact) mass is 442 g/mol. The molecule has 9 heteroatoms. The summed E-state index contributed by atoms with van der Waals surface area (Å²) in [4.78, 5) is 24.4. The van der Waals surface area contributed by atoms with Gasteiger partial charge in [-0.2, -0.15) is 0 Å². The maximum Gasteiger partial charge on any atom is 0.248 e. The molecule has 0 saturated carbocycles. The predicted molar refractivity (Wildman–Crippen MR) is 113 cm³/mol. The quantitative estimate of drug-likeness (QED) is 0.644. The number of Topliss-reactive ketones (excluding diaryl/α,β-unsaturated/α-hetero) is 1. The Balaban J connectivity index is 2.42. The van der Waals surface area contributed by atoms with E-state index in [-0.39, 0.29) is 27.9 Å². The first-order valence-corrected chi connectivity index (χ1v) is 11.0. The van der Waals surface area contributed by atoms with Gasteiger partial charge in [-0.25, -0.2) is 8.42 Å². The van der Waals surface area contributed by atoms with Crippen molar-refractivity contribution >= 4 is 56.3 Å². The minimum atomic E-state index is -3.82. The maximum atomic E-state index is 12.9. The van der Waals surface area contributed by atoms with E-state index in [1.54, 1.807) is 25.1 Å². The van der Waals surface area contributed by atoms with Gasteiger partial charge in [-0.15, -0.1) is 0 Å². The molecule has 0 aliphatic heterocycles. The van der Waals surface area contributed by atoms with E-state index in [4.69, 9.17) is 23.2 Å². The number of benzene rings is 2. The predicted octanol–water partition coefficient (Wildman–Crippen LogP) is 4.38. The number of ketones is 1. The highest BCUT2D eigenvalue weighted by Crippen LogP contribution is 2.29. The minimum absolute atomic E-state index is 0.144. The highest BCUT2D eigenvalue weighted by Gasteiger charge is 2.32. The molecule has 2 aromatic carbocycles. The van der Waals surface area contributed by atoms with Crippen molar-refractivity contribution in [2.75, 3.05) is 15.9 Å². The van der Waals surface area contributed by atoms with Gasteiger partial charge in [0.05, 0.1) is 11.9 Å². The molecule has 0 aromatic heterocycles. The number of nitrogens with one attached hydrogen (secondary N) is 1. The molecule has 1 amide bonds. The summed E-state index contributed by atoms with van der Waals surface area (Å²) in [5, 5.41) is 3.18. The first-order valence-electron chi connectivity index (χ1n) is 8.40. The van der Waals surface area contributed by atoms with Gasteiger partial charge >= 0.3 is 0 Å². The van der Waals surface area contributed by atoms with Crippen LogP contribution in [0.2, 0.25) is 10.0 Å². The van der Waals surface area contributed by atoms with Gasteiger partial charge in [0.1, 0.15) is 6.04 Å². The van der Waals surface area contributed by atoms with E-state index in [9.17, 15) is 18.0 Å². The molecule has 150 valence electrons. The van der Waals surface area contributed by atoms with Crippen LogP contribution >= 0.6 is 23.2 Å². The Labute approximate surface area is 174 Å². The lowest BCUT2D eigenvalue weighted by atomic mass is 10.1. The first-order chi connectivity index (χ1) is 13.0. The summed E-state index contributed by atoms with van der Waals surface area (Å²) in [7, 11) is -3.82. The number of rotatable bonds is 7. The van der Waals surface area contributed by atoms with E-state index in [2.05, 4.69) is 5.32 Å². The number of hydrogen-bond donors (Lipinski definition) is 1. The van der Waals surface area contributed by atoms with E-state index in [1.807, 2.05) is 0 Å². The zero-order chi connectivity index (χ0) is 21.1. The lowest BCUT2D eigenvalue weighted by molar-refractivity contribution is -0.117. The standard InChI is InChI=1S/C19H20Cl2N2O4S/c1-4-18(19(25)22-16-7-5-6-13(8-16)12(2)24)23(28(3,26)27)17-10-14(20)9-15(21)11-17/h5-11,18H,4H2,1-3H3,(H,22,25)/t18-/m1/s1. The SMILES string of the molecule is CC[C@H](C(=O)Nc1cccc(C(C)=O)c1)N(c1cc(Cl)cc(Cl)c1)S(C)(=O)=O. The van der Waals surface area contributed by atoms with Crippen molar-refractivity contribution < 1.29 is 18.0 Å². The average Bonchev–Trinajstić information content (AvgIpc) is 2.57. The molecule has 2 aromatic rings. The highest BCUT2D eigenvalue weighted by atomic mass is 35.5. The van der Waals surface area contributed by atoms with Crippen LogP contribution in [-0.4, -0.2) is 32.4 Å². The molecule has 28 heavy (non-hydrogen) atoms. The molecule has 0 aliphatic carbocycles. The largest absolute Gasteiger partial charge is 0.324 e. The van der Waals surface area contributed by atoms with Crippen molar-refractivity contribution in [2.45, 2.75) is 26.3 Å². The van der Waals surface area contributed by atoms with Gasteiger partial charge in [0.15, 0.2) is 5.78 Å². The first kappa shape index (κ1) is 22.2. The Bertz CT molecular complexity index is 988. The number of carbonyl (C=O) groups excluding carboxylic acids is 2. The van der Waals surface area contributed by atoms with Crippen molar-refractivity contribution in [3.05, 3.63) is 58.1 Å². The third-order valence-electron chi connectivity index (χ3n) is 3.97. The van der Waals surface area contributed by atoms with Gasteiger partial charge in [-0.05, 0) is 43.7 Å². The molecule has 6 nitrogen and oxygen atoms in total. The van der Waals surface area contributed by atoms with Crippen LogP contribution in [0.1, 0.15) is 30.6 Å². The van der Waals surface area contributed by atoms with Crippen molar-refractivity contribution in [1.29, 1.82) is 0 Å². The Morgan fingerprint density at radius 1 is 1.11 bits per heavy atom. The molecule has 1 atom stereocenters. The van der Waals surface area contributed by atoms with Crippen LogP contribution in [0.5, 0.6) is 0 Å². The van der Waals surface area contributed by atoms with Crippen molar-refractivity contribution in [3.63, 3.8) is 0 Å². The second kappa shape index (κ2) is 8.94. The fourth-order valence-corrected chi connectivity index (χ4v) is 4.48. The number of nitrogens with zero attached hydrogens (tertiary/aromatic N) is 1. The average molecular weight is 443 g/mol. The molecular weight excluding hydrogens is 423 g/mol. The fraction of sp³-hybridized carbons (Fsp3) is 0.263. The van der Waals surface area contributed by atoms with Crippen molar-refractivity contribution in [3.8, 4) is 0 Å². The lowest BCUT2D eigenvalue weighted by Crippen LogP contribution is -2.47. The summed E-state index contributed by atoms with van der Waals surface area (Å²) in [5.74, 6) is -0.681. The van der Waals surface area contributed by atoms with Crippen molar-refractivity contribution in [1.82, 2.24) is 0 Å². The summed E-state index contributed by atoms with van der Waals surface area (Å²) in [6.07, 6.45) is 1.21. The van der Waals surface area contributed by atoms with E-state index in [0.717, 1.165) is 10.6 Å². The van der Waals surface area contributed by atoms with E-state index < -0.39 is 22.0 Å². The molecule has 0 bridgehead atoms. The number of hydrogen-bond acceptors (Lipinski definition) is 4. The summed E-state index contributed by atoms with van der Waals surface area (Å²) >= 11 is 12.0. The molecule has 0 aliphatic rings. The van der Waals surface area contributed by atoms with Gasteiger partial charge in [0, 0.05) is 21.3 Å². The van der Waals surface area contributed by atoms with Crippen LogP contribution in [0.15, 0.2) is 42.5 Å². The summed E-state index contributed by atoms with van der Waals surface area (Å²) < 4.78 is 25.9. The van der Waals surface area contributed by atoms with E-state index in [1.165, 1.54) is 31.2 Å². The molecule has 0 spiro atoms. The molecular formula is C19H20Cl2N2O4S. The van der Waals surface area contributed by atoms with Crippen LogP contribution < -0.4 is 9.62 Å². The lowest BCUT2D eigenvalue weighted by Gasteiger charge is -2.30. The third-order valence-corrected chi connectivity index (χ3v) is 5.58. The maximum absolute atomic E-state index is 12.9. The zero-order valence-corrected chi connectivity index (χ0v) is 17.9. The molecule has 2 rings (SSSR count). The molecule has 0 radical (unpaired) electrons. The molecule has 1 N–H and O–H groups in total. The molecule has 0 unspecified atom stereocenters. The number of anilines is 2. The van der Waals surface area contributed by atoms with Gasteiger partial charge in [0.2, 0.25) is 15.9 Å². The van der Waals surface area contributed by atoms with Gasteiger partial charge in [0.25, 0.3) is 0 Å². The fourth-order valence-electron chi connectivity index (χ4n) is 2.77. The van der Waals surface area contributed by atoms with Gasteiger partial charge < -0.3 is 5.32 Å². The van der Waals surface area contributed by atoms with E-state index >= 15 is 0 Å². The van der Waals surface area contributed by atoms with Crippen LogP contribution in [0.4, 0.5) is 11.4 Å². The second-order valence-electron chi connectivity index (χ2n) is 6.24. The smallest absolute Gasteiger partial charge is 0.248 e. The van der Waals surface area contributed by atoms with Crippen molar-refractivity contribution in [2.24, 2.45) is 0 Å². The Morgan fingerprint density at radius 3 is 2.21 bits per heavy atom. The van der Waals surface area contributed by atoms with Crippen LogP contribution in [0.25, 0.3) is 0 Å². The van der Waals surface area contributed by atoms with Gasteiger partial charge in [-0.1, -0.05) is 42.3 Å². The molecule has 0 saturated heterocycles. The van der Waals surface area contributed by atoms with E-state index in [0.29, 0.717) is 11.3 Å². The summed E-state index contributed by atoms with van der Waals surface area (Å²) in [6.45, 7) is 3.12. The van der Waals surface area contributed by atoms with Crippen LogP contribution in [0.3, 0.4) is 0 Å². The number of amides is 1. The topological polar surface area (TPSA) is 83.6 Å². The second-order valence-corrected chi connectivity index (χ2v) is 8.97. The number of sulfonamides is 1. The Hall–Kier alpha value is -2.09. The third kappa shape index (κ3) is 5.47. The summed E-state index contributed by atoms with van der Waals surface area (Å²) in [5.41, 5.74) is 1.03. The summed E-state index contributed by atoms with van der Waals surface area (Å²) in [6, 6.07) is 9.73. The molecule has 0 heterocycles. The van der Waals surface area contributed by atoms with Gasteiger partial charge in [-0.3, -0.25) is 13.9 Å². The number of halogens is 2. The zero-order valence-electron chi connectivity index (χ0n) is 15.6. The van der Waals surface area contributed by atoms with Crippen LogP contribution in [-0.2, 0) is 14.8 Å². The number of carbonyl (C=O) groups is 2. The Morgan fingerprint density at radius 2 is 1.71 bits per heavy atom. The highest BCUT2D eigenvalue weighted by molar-refractivity contribution is 7.92. The molecule has 0 fully saturated rings. The minimum Gasteiger partial charge on any atom is -0.324 e. The van der Waals surface area contributed by atoms with Crippen LogP contribution in [0, 0.1) is 0 Å².